The van der Waals surface area contributed by atoms with Gasteiger partial charge in [0.25, 0.3) is 11.8 Å². The average molecular weight is 421 g/mol. The van der Waals surface area contributed by atoms with Gasteiger partial charge in [0.05, 0.1) is 0 Å². The van der Waals surface area contributed by atoms with Gasteiger partial charge in [0.15, 0.2) is 0 Å². The molecule has 7 nitrogen and oxygen atoms in total. The molecule has 2 N–H and O–H groups in total. The van der Waals surface area contributed by atoms with Gasteiger partial charge in [-0.05, 0) is 61.9 Å². The topological polar surface area (TPSA) is 91.4 Å². The van der Waals surface area contributed by atoms with Gasteiger partial charge < -0.3 is 10.2 Å². The third-order valence-corrected chi connectivity index (χ3v) is 6.52. The summed E-state index contributed by atoms with van der Waals surface area (Å²) in [6.07, 6.45) is 4.13. The highest BCUT2D eigenvalue weighted by molar-refractivity contribution is 6.07. The third kappa shape index (κ3) is 3.80. The number of nitrogens with zero attached hydrogens (tertiary/aromatic N) is 2. The number of aromatic nitrogens is 1. The van der Waals surface area contributed by atoms with E-state index in [0.29, 0.717) is 36.6 Å². The van der Waals surface area contributed by atoms with Crippen LogP contribution in [0.3, 0.4) is 0 Å². The van der Waals surface area contributed by atoms with E-state index in [9.17, 15) is 14.4 Å². The van der Waals surface area contributed by atoms with Crippen molar-refractivity contribution < 1.29 is 14.4 Å². The number of nitrogens with one attached hydrogen (secondary N) is 2. The van der Waals surface area contributed by atoms with Crippen molar-refractivity contribution in [3.63, 3.8) is 0 Å². The van der Waals surface area contributed by atoms with Crippen LogP contribution in [0.25, 0.3) is 0 Å². The van der Waals surface area contributed by atoms with Crippen LogP contribution in [0, 0.1) is 13.8 Å². The summed E-state index contributed by atoms with van der Waals surface area (Å²) in [4.78, 5) is 43.5. The molecule has 0 spiro atoms. The normalized spacial score (nSPS) is 21.7. The number of carbonyl (C=O) groups is 3. The van der Waals surface area contributed by atoms with Crippen LogP contribution in [0.4, 0.5) is 4.79 Å². The summed E-state index contributed by atoms with van der Waals surface area (Å²) in [6, 6.07) is 8.67. The van der Waals surface area contributed by atoms with Crippen molar-refractivity contribution in [2.75, 3.05) is 13.1 Å². The summed E-state index contributed by atoms with van der Waals surface area (Å²) in [5, 5.41) is 5.02. The minimum atomic E-state index is -1.07. The molecule has 7 heteroatoms. The van der Waals surface area contributed by atoms with Crippen molar-refractivity contribution >= 4 is 17.8 Å². The molecule has 162 valence electrons. The number of hydrogen-bond donors (Lipinski definition) is 2. The third-order valence-electron chi connectivity index (χ3n) is 6.52. The van der Waals surface area contributed by atoms with E-state index in [0.717, 1.165) is 24.1 Å². The number of hydrogen-bond acceptors (Lipinski definition) is 4. The number of amides is 4. The predicted molar refractivity (Wildman–Crippen MR) is 117 cm³/mol. The zero-order valence-electron chi connectivity index (χ0n) is 18.2. The fraction of sp³-hybridized carbons (Fsp3) is 0.417. The second-order valence-corrected chi connectivity index (χ2v) is 8.53. The Kier molecular flexibility index (Phi) is 5.52. The summed E-state index contributed by atoms with van der Waals surface area (Å²) >= 11 is 0. The van der Waals surface area contributed by atoms with E-state index in [2.05, 4.69) is 28.6 Å². The van der Waals surface area contributed by atoms with E-state index < -0.39 is 11.6 Å². The first-order valence-corrected chi connectivity index (χ1v) is 10.8. The van der Waals surface area contributed by atoms with Crippen molar-refractivity contribution in [3.05, 3.63) is 64.5 Å². The van der Waals surface area contributed by atoms with Crippen LogP contribution in [-0.2, 0) is 10.3 Å². The maximum atomic E-state index is 13.0. The number of imide groups is 1. The summed E-state index contributed by atoms with van der Waals surface area (Å²) in [5.41, 5.74) is 3.71. The van der Waals surface area contributed by atoms with Crippen LogP contribution in [-0.4, -0.2) is 40.8 Å². The van der Waals surface area contributed by atoms with E-state index >= 15 is 0 Å². The van der Waals surface area contributed by atoms with Gasteiger partial charge in [-0.1, -0.05) is 25.1 Å². The molecule has 2 fully saturated rings. The first kappa shape index (κ1) is 21.0. The Labute approximate surface area is 182 Å². The van der Waals surface area contributed by atoms with Crippen LogP contribution in [0.2, 0.25) is 0 Å². The zero-order chi connectivity index (χ0) is 22.2. The number of carbonyl (C=O) groups excluding carboxylic acids is 3. The Bertz CT molecular complexity index is 1030. The first-order chi connectivity index (χ1) is 14.8. The zero-order valence-corrected chi connectivity index (χ0v) is 18.2. The molecule has 0 saturated carbocycles. The molecule has 0 bridgehead atoms. The molecule has 1 aromatic heterocycles. The lowest BCUT2D eigenvalue weighted by molar-refractivity contribution is -0.124. The molecular formula is C24H28N4O3. The van der Waals surface area contributed by atoms with Gasteiger partial charge in [-0.3, -0.25) is 19.9 Å². The predicted octanol–water partition coefficient (Wildman–Crippen LogP) is 3.16. The summed E-state index contributed by atoms with van der Waals surface area (Å²) in [5.74, 6) is 0.00568. The molecule has 0 radical (unpaired) electrons. The van der Waals surface area contributed by atoms with Gasteiger partial charge in [-0.25, -0.2) is 4.79 Å². The molecule has 3 heterocycles. The largest absolute Gasteiger partial charge is 0.339 e. The first-order valence-electron chi connectivity index (χ1n) is 10.8. The molecule has 1 aromatic carbocycles. The van der Waals surface area contributed by atoms with Crippen LogP contribution in [0.1, 0.15) is 64.8 Å². The van der Waals surface area contributed by atoms with E-state index in [1.54, 1.807) is 24.3 Å². The quantitative estimate of drug-likeness (QED) is 0.744. The summed E-state index contributed by atoms with van der Waals surface area (Å²) in [7, 11) is 0. The number of aryl methyl sites for hydroxylation is 2. The molecule has 4 rings (SSSR count). The Hall–Kier alpha value is -3.22. The fourth-order valence-electron chi connectivity index (χ4n) is 4.74. The van der Waals surface area contributed by atoms with Crippen LogP contribution >= 0.6 is 0 Å². The van der Waals surface area contributed by atoms with Crippen molar-refractivity contribution in [1.29, 1.82) is 0 Å². The van der Waals surface area contributed by atoms with Gasteiger partial charge in [-0.15, -0.1) is 0 Å². The van der Waals surface area contributed by atoms with Crippen molar-refractivity contribution in [2.45, 2.75) is 51.5 Å². The molecule has 31 heavy (non-hydrogen) atoms. The Morgan fingerprint density at radius 1 is 1.16 bits per heavy atom. The van der Waals surface area contributed by atoms with E-state index in [4.69, 9.17) is 0 Å². The van der Waals surface area contributed by atoms with Gasteiger partial charge in [-0.2, -0.15) is 0 Å². The number of rotatable bonds is 4. The van der Waals surface area contributed by atoms with Crippen LogP contribution in [0.15, 0.2) is 36.5 Å². The average Bonchev–Trinajstić information content (AvgIpc) is 3.07. The van der Waals surface area contributed by atoms with E-state index in [-0.39, 0.29) is 11.8 Å². The maximum absolute atomic E-state index is 13.0. The molecule has 0 unspecified atom stereocenters. The van der Waals surface area contributed by atoms with Gasteiger partial charge >= 0.3 is 6.03 Å². The lowest BCUT2D eigenvalue weighted by Gasteiger charge is -2.32. The lowest BCUT2D eigenvalue weighted by atomic mass is 9.86. The number of piperidine rings is 1. The number of urea groups is 1. The molecule has 2 aliphatic heterocycles. The van der Waals surface area contributed by atoms with Crippen LogP contribution < -0.4 is 10.6 Å². The molecule has 2 aliphatic rings. The van der Waals surface area contributed by atoms with E-state index in [1.165, 1.54) is 5.56 Å². The minimum absolute atomic E-state index is 0.0101. The highest BCUT2D eigenvalue weighted by Crippen LogP contribution is 2.31. The summed E-state index contributed by atoms with van der Waals surface area (Å²) in [6.45, 7) is 7.38. The molecule has 0 aliphatic carbocycles. The van der Waals surface area contributed by atoms with Gasteiger partial charge in [0, 0.05) is 36.5 Å². The van der Waals surface area contributed by atoms with Gasteiger partial charge in [0.1, 0.15) is 5.54 Å². The number of likely N-dealkylation sites (tertiary alicyclic amines) is 1. The SMILES string of the molecule is CC[C@]1(c2ccc(C(=O)N3CCC(c4ncc(C)cc4C)CC3)cc2)NC(=O)NC1=O. The standard InChI is InChI=1S/C24H28N4O3/c1-4-24(22(30)26-23(31)27-24)19-7-5-18(6-8-19)21(29)28-11-9-17(10-12-28)20-16(3)13-15(2)14-25-20/h5-8,13-14,17H,4,9-12H2,1-3H3,(H2,26,27,30,31)/t24-/m1/s1. The molecular weight excluding hydrogens is 392 g/mol. The van der Waals surface area contributed by atoms with Crippen molar-refractivity contribution in [2.24, 2.45) is 0 Å². The van der Waals surface area contributed by atoms with Crippen molar-refractivity contribution in [1.82, 2.24) is 20.5 Å². The fourth-order valence-corrected chi connectivity index (χ4v) is 4.74. The monoisotopic (exact) mass is 420 g/mol. The number of pyridine rings is 1. The second kappa shape index (κ2) is 8.13. The molecule has 2 saturated heterocycles. The number of benzene rings is 1. The molecule has 4 amide bonds. The smallest absolute Gasteiger partial charge is 0.322 e. The van der Waals surface area contributed by atoms with E-state index in [1.807, 2.05) is 24.9 Å². The summed E-state index contributed by atoms with van der Waals surface area (Å²) < 4.78 is 0. The maximum Gasteiger partial charge on any atom is 0.322 e. The second-order valence-electron chi connectivity index (χ2n) is 8.53. The van der Waals surface area contributed by atoms with Crippen molar-refractivity contribution in [3.8, 4) is 0 Å². The molecule has 1 atom stereocenters. The highest BCUT2D eigenvalue weighted by Gasteiger charge is 2.46. The Balaban J connectivity index is 1.44. The Morgan fingerprint density at radius 2 is 1.84 bits per heavy atom. The highest BCUT2D eigenvalue weighted by atomic mass is 16.2. The Morgan fingerprint density at radius 3 is 2.39 bits per heavy atom. The lowest BCUT2D eigenvalue weighted by Crippen LogP contribution is -2.43. The van der Waals surface area contributed by atoms with Gasteiger partial charge in [0.2, 0.25) is 0 Å². The van der Waals surface area contributed by atoms with Crippen LogP contribution in [0.5, 0.6) is 0 Å². The minimum Gasteiger partial charge on any atom is -0.339 e. The molecule has 2 aromatic rings.